The number of nitrogens with zero attached hydrogens (tertiary/aromatic N) is 2. The SMILES string of the molecule is COC(=O)CNC(=O)CCn1cc(Cl)c(C)n1. The fourth-order valence-electron chi connectivity index (χ4n) is 1.16. The third kappa shape index (κ3) is 4.44. The average molecular weight is 260 g/mol. The van der Waals surface area contributed by atoms with Gasteiger partial charge in [-0.3, -0.25) is 14.3 Å². The van der Waals surface area contributed by atoms with E-state index in [1.54, 1.807) is 17.8 Å². The lowest BCUT2D eigenvalue weighted by atomic mass is 10.4. The highest BCUT2D eigenvalue weighted by Crippen LogP contribution is 2.11. The number of carbonyl (C=O) groups is 2. The van der Waals surface area contributed by atoms with E-state index in [4.69, 9.17) is 11.6 Å². The Hall–Kier alpha value is -1.56. The van der Waals surface area contributed by atoms with Crippen LogP contribution in [0, 0.1) is 6.92 Å². The smallest absolute Gasteiger partial charge is 0.325 e. The van der Waals surface area contributed by atoms with Gasteiger partial charge in [0.2, 0.25) is 5.91 Å². The molecule has 94 valence electrons. The number of esters is 1. The molecular formula is C10H14ClN3O3. The van der Waals surface area contributed by atoms with Crippen LogP contribution in [0.1, 0.15) is 12.1 Å². The van der Waals surface area contributed by atoms with E-state index in [0.717, 1.165) is 5.69 Å². The maximum absolute atomic E-state index is 11.3. The first-order chi connectivity index (χ1) is 8.02. The fraction of sp³-hybridized carbons (Fsp3) is 0.500. The summed E-state index contributed by atoms with van der Waals surface area (Å²) < 4.78 is 5.99. The number of ether oxygens (including phenoxy) is 1. The summed E-state index contributed by atoms with van der Waals surface area (Å²) in [7, 11) is 1.27. The lowest BCUT2D eigenvalue weighted by Gasteiger charge is -2.03. The van der Waals surface area contributed by atoms with E-state index in [-0.39, 0.29) is 18.9 Å². The summed E-state index contributed by atoms with van der Waals surface area (Å²) in [5.41, 5.74) is 0.724. The standard InChI is InChI=1S/C10H14ClN3O3/c1-7-8(11)6-14(13-7)4-3-9(15)12-5-10(16)17-2/h6H,3-5H2,1-2H3,(H,12,15). The van der Waals surface area contributed by atoms with Gasteiger partial charge in [-0.25, -0.2) is 0 Å². The quantitative estimate of drug-likeness (QED) is 0.783. The number of aryl methyl sites for hydroxylation is 2. The van der Waals surface area contributed by atoms with Crippen LogP contribution in [0.3, 0.4) is 0 Å². The summed E-state index contributed by atoms with van der Waals surface area (Å²) in [5, 5.41) is 7.11. The Kier molecular flexibility index (Phi) is 4.96. The lowest BCUT2D eigenvalue weighted by Crippen LogP contribution is -2.30. The first-order valence-corrected chi connectivity index (χ1v) is 5.43. The van der Waals surface area contributed by atoms with Crippen LogP contribution in [0.5, 0.6) is 0 Å². The summed E-state index contributed by atoms with van der Waals surface area (Å²) in [6.07, 6.45) is 1.89. The molecule has 0 saturated carbocycles. The zero-order valence-corrected chi connectivity index (χ0v) is 10.5. The summed E-state index contributed by atoms with van der Waals surface area (Å²) in [4.78, 5) is 22.1. The predicted molar refractivity (Wildman–Crippen MR) is 61.6 cm³/mol. The molecule has 0 saturated heterocycles. The fourth-order valence-corrected chi connectivity index (χ4v) is 1.31. The number of carbonyl (C=O) groups excluding carboxylic acids is 2. The number of amides is 1. The zero-order chi connectivity index (χ0) is 12.8. The third-order valence-electron chi connectivity index (χ3n) is 2.11. The van der Waals surface area contributed by atoms with Crippen LogP contribution in [-0.2, 0) is 20.9 Å². The number of hydrogen-bond donors (Lipinski definition) is 1. The molecule has 0 aromatic carbocycles. The van der Waals surface area contributed by atoms with Gasteiger partial charge in [-0.2, -0.15) is 5.10 Å². The van der Waals surface area contributed by atoms with Gasteiger partial charge in [0.15, 0.2) is 0 Å². The molecule has 0 bridgehead atoms. The topological polar surface area (TPSA) is 73.2 Å². The molecule has 0 atom stereocenters. The molecule has 1 amide bonds. The first-order valence-electron chi connectivity index (χ1n) is 5.06. The van der Waals surface area contributed by atoms with Gasteiger partial charge in [0.25, 0.3) is 0 Å². The Morgan fingerprint density at radius 2 is 2.29 bits per heavy atom. The highest BCUT2D eigenvalue weighted by molar-refractivity contribution is 6.31. The maximum Gasteiger partial charge on any atom is 0.325 e. The van der Waals surface area contributed by atoms with E-state index < -0.39 is 5.97 Å². The molecule has 1 heterocycles. The molecule has 7 heteroatoms. The highest BCUT2D eigenvalue weighted by atomic mass is 35.5. The van der Waals surface area contributed by atoms with Crippen molar-refractivity contribution >= 4 is 23.5 Å². The Labute approximate surface area is 104 Å². The number of hydrogen-bond acceptors (Lipinski definition) is 4. The van der Waals surface area contributed by atoms with Crippen LogP contribution >= 0.6 is 11.6 Å². The lowest BCUT2D eigenvalue weighted by molar-refractivity contribution is -0.141. The molecule has 1 rings (SSSR count). The Morgan fingerprint density at radius 1 is 1.59 bits per heavy atom. The van der Waals surface area contributed by atoms with Gasteiger partial charge in [-0.15, -0.1) is 0 Å². The van der Waals surface area contributed by atoms with Crippen molar-refractivity contribution in [1.29, 1.82) is 0 Å². The molecule has 0 aliphatic rings. The van der Waals surface area contributed by atoms with Gasteiger partial charge in [0.1, 0.15) is 6.54 Å². The van der Waals surface area contributed by atoms with Crippen molar-refractivity contribution in [3.8, 4) is 0 Å². The normalized spacial score (nSPS) is 10.1. The first kappa shape index (κ1) is 13.5. The molecule has 1 aromatic rings. The summed E-state index contributed by atoms with van der Waals surface area (Å²) in [6, 6.07) is 0. The van der Waals surface area contributed by atoms with E-state index in [0.29, 0.717) is 11.6 Å². The molecular weight excluding hydrogens is 246 g/mol. The van der Waals surface area contributed by atoms with Crippen molar-refractivity contribution in [3.63, 3.8) is 0 Å². The minimum atomic E-state index is -0.476. The number of halogens is 1. The molecule has 17 heavy (non-hydrogen) atoms. The number of aromatic nitrogens is 2. The van der Waals surface area contributed by atoms with Crippen molar-refractivity contribution in [2.75, 3.05) is 13.7 Å². The van der Waals surface area contributed by atoms with Crippen LogP contribution in [-0.4, -0.2) is 35.3 Å². The summed E-state index contributed by atoms with van der Waals surface area (Å²) in [6.45, 7) is 2.09. The van der Waals surface area contributed by atoms with Crippen LogP contribution in [0.4, 0.5) is 0 Å². The van der Waals surface area contributed by atoms with Crippen molar-refractivity contribution in [3.05, 3.63) is 16.9 Å². The van der Waals surface area contributed by atoms with Crippen LogP contribution in [0.2, 0.25) is 5.02 Å². The van der Waals surface area contributed by atoms with Gasteiger partial charge in [-0.05, 0) is 6.92 Å². The second kappa shape index (κ2) is 6.24. The largest absolute Gasteiger partial charge is 0.468 e. The maximum atomic E-state index is 11.3. The van der Waals surface area contributed by atoms with Crippen LogP contribution < -0.4 is 5.32 Å². The van der Waals surface area contributed by atoms with Gasteiger partial charge in [-0.1, -0.05) is 11.6 Å². The second-order valence-electron chi connectivity index (χ2n) is 3.43. The molecule has 0 aliphatic carbocycles. The Morgan fingerprint density at radius 3 is 2.82 bits per heavy atom. The molecule has 0 aliphatic heterocycles. The van der Waals surface area contributed by atoms with Gasteiger partial charge in [0.05, 0.1) is 17.8 Å². The van der Waals surface area contributed by atoms with Crippen molar-refractivity contribution in [2.24, 2.45) is 0 Å². The minimum Gasteiger partial charge on any atom is -0.468 e. The molecule has 6 nitrogen and oxygen atoms in total. The molecule has 0 radical (unpaired) electrons. The number of methoxy groups -OCH3 is 1. The zero-order valence-electron chi connectivity index (χ0n) is 9.70. The van der Waals surface area contributed by atoms with E-state index in [1.807, 2.05) is 0 Å². The molecule has 0 spiro atoms. The minimum absolute atomic E-state index is 0.117. The number of nitrogens with one attached hydrogen (secondary N) is 1. The monoisotopic (exact) mass is 259 g/mol. The van der Waals surface area contributed by atoms with E-state index in [2.05, 4.69) is 15.2 Å². The predicted octanol–water partition coefficient (Wildman–Crippen LogP) is 0.524. The van der Waals surface area contributed by atoms with Crippen molar-refractivity contribution in [1.82, 2.24) is 15.1 Å². The molecule has 0 fully saturated rings. The van der Waals surface area contributed by atoms with E-state index in [9.17, 15) is 9.59 Å². The molecule has 1 N–H and O–H groups in total. The van der Waals surface area contributed by atoms with Gasteiger partial charge in [0, 0.05) is 19.2 Å². The van der Waals surface area contributed by atoms with E-state index >= 15 is 0 Å². The summed E-state index contributed by atoms with van der Waals surface area (Å²) in [5.74, 6) is -0.712. The van der Waals surface area contributed by atoms with Crippen LogP contribution in [0.25, 0.3) is 0 Å². The Balaban J connectivity index is 2.31. The van der Waals surface area contributed by atoms with Gasteiger partial charge < -0.3 is 10.1 Å². The second-order valence-corrected chi connectivity index (χ2v) is 3.84. The molecule has 0 unspecified atom stereocenters. The Bertz CT molecular complexity index is 397. The van der Waals surface area contributed by atoms with Crippen LogP contribution in [0.15, 0.2) is 6.20 Å². The van der Waals surface area contributed by atoms with Crippen molar-refractivity contribution < 1.29 is 14.3 Å². The average Bonchev–Trinajstić information content (AvgIpc) is 2.63. The van der Waals surface area contributed by atoms with Crippen molar-refractivity contribution in [2.45, 2.75) is 19.9 Å². The highest BCUT2D eigenvalue weighted by Gasteiger charge is 2.07. The third-order valence-corrected chi connectivity index (χ3v) is 2.48. The number of rotatable bonds is 5. The van der Waals surface area contributed by atoms with E-state index in [1.165, 1.54) is 7.11 Å². The summed E-state index contributed by atoms with van der Waals surface area (Å²) >= 11 is 5.82. The molecule has 1 aromatic heterocycles. The van der Waals surface area contributed by atoms with Gasteiger partial charge >= 0.3 is 5.97 Å².